The van der Waals surface area contributed by atoms with E-state index in [-0.39, 0.29) is 41.8 Å². The lowest BCUT2D eigenvalue weighted by Gasteiger charge is -2.39. The summed E-state index contributed by atoms with van der Waals surface area (Å²) in [6.07, 6.45) is 2.64. The fourth-order valence-electron chi connectivity index (χ4n) is 4.36. The largest absolute Gasteiger partial charge is 0.378 e. The quantitative estimate of drug-likeness (QED) is 0.438. The SMILES string of the molecule is Cc1cc(C#Cc2ccc(F)cc2)cnc1NC(=O)c1c(Cl)cnn1CC1(F)CCN(C(O)C(C)C)CC1. The molecule has 0 saturated carbocycles. The number of rotatable bonds is 6. The molecule has 2 N–H and O–H groups in total. The van der Waals surface area contributed by atoms with Gasteiger partial charge in [0.25, 0.3) is 5.91 Å². The second-order valence-corrected chi connectivity index (χ2v) is 10.4. The van der Waals surface area contributed by atoms with Gasteiger partial charge in [-0.2, -0.15) is 5.10 Å². The number of carbonyl (C=O) groups excluding carboxylic acids is 1. The summed E-state index contributed by atoms with van der Waals surface area (Å²) >= 11 is 6.27. The second kappa shape index (κ2) is 11.6. The summed E-state index contributed by atoms with van der Waals surface area (Å²) in [4.78, 5) is 19.3. The molecule has 0 aliphatic carbocycles. The fraction of sp³-hybridized carbons (Fsp3) is 0.393. The zero-order valence-electron chi connectivity index (χ0n) is 21.5. The Morgan fingerprint density at radius 1 is 1.18 bits per heavy atom. The van der Waals surface area contributed by atoms with E-state index >= 15 is 4.39 Å². The van der Waals surface area contributed by atoms with E-state index in [0.717, 1.165) is 0 Å². The molecule has 0 spiro atoms. The van der Waals surface area contributed by atoms with E-state index in [4.69, 9.17) is 11.6 Å². The van der Waals surface area contributed by atoms with Crippen molar-refractivity contribution in [1.29, 1.82) is 0 Å². The molecule has 1 fully saturated rings. The average Bonchev–Trinajstić information content (AvgIpc) is 3.24. The van der Waals surface area contributed by atoms with Crippen molar-refractivity contribution in [3.63, 3.8) is 0 Å². The molecule has 10 heteroatoms. The zero-order valence-corrected chi connectivity index (χ0v) is 22.3. The first-order chi connectivity index (χ1) is 18.0. The van der Waals surface area contributed by atoms with Gasteiger partial charge in [-0.15, -0.1) is 0 Å². The lowest BCUT2D eigenvalue weighted by molar-refractivity contribution is -0.0699. The zero-order chi connectivity index (χ0) is 27.4. The van der Waals surface area contributed by atoms with E-state index in [1.807, 2.05) is 18.7 Å². The smallest absolute Gasteiger partial charge is 0.276 e. The van der Waals surface area contributed by atoms with Gasteiger partial charge in [0.15, 0.2) is 0 Å². The van der Waals surface area contributed by atoms with Gasteiger partial charge in [-0.05, 0) is 61.6 Å². The molecule has 1 aliphatic rings. The van der Waals surface area contributed by atoms with E-state index in [9.17, 15) is 14.3 Å². The van der Waals surface area contributed by atoms with E-state index < -0.39 is 17.8 Å². The van der Waals surface area contributed by atoms with Crippen LogP contribution in [-0.4, -0.2) is 55.7 Å². The van der Waals surface area contributed by atoms with Crippen LogP contribution in [0.4, 0.5) is 14.6 Å². The molecule has 1 saturated heterocycles. The number of carbonyl (C=O) groups is 1. The number of hydrogen-bond donors (Lipinski definition) is 2. The molecule has 4 rings (SSSR count). The summed E-state index contributed by atoms with van der Waals surface area (Å²) in [5.41, 5.74) is 0.425. The lowest BCUT2D eigenvalue weighted by atomic mass is 9.92. The van der Waals surface area contributed by atoms with Gasteiger partial charge >= 0.3 is 0 Å². The van der Waals surface area contributed by atoms with Crippen LogP contribution in [0.15, 0.2) is 42.7 Å². The van der Waals surface area contributed by atoms with Gasteiger partial charge in [0.2, 0.25) is 0 Å². The first-order valence-electron chi connectivity index (χ1n) is 12.4. The highest BCUT2D eigenvalue weighted by atomic mass is 35.5. The van der Waals surface area contributed by atoms with Gasteiger partial charge in [0, 0.05) is 30.4 Å². The number of alkyl halides is 1. The molecule has 1 unspecified atom stereocenters. The monoisotopic (exact) mass is 541 g/mol. The van der Waals surface area contributed by atoms with Gasteiger partial charge in [0.05, 0.1) is 17.8 Å². The second-order valence-electron chi connectivity index (χ2n) is 9.94. The van der Waals surface area contributed by atoms with Gasteiger partial charge in [-0.3, -0.25) is 14.4 Å². The van der Waals surface area contributed by atoms with Crippen LogP contribution in [0, 0.1) is 30.5 Å². The lowest BCUT2D eigenvalue weighted by Crippen LogP contribution is -2.49. The first-order valence-corrected chi connectivity index (χ1v) is 12.8. The summed E-state index contributed by atoms with van der Waals surface area (Å²) in [6.45, 7) is 6.31. The van der Waals surface area contributed by atoms with E-state index in [1.54, 1.807) is 25.1 Å². The molecule has 3 heterocycles. The van der Waals surface area contributed by atoms with Crippen LogP contribution in [0.25, 0.3) is 0 Å². The number of nitrogens with one attached hydrogen (secondary N) is 1. The topological polar surface area (TPSA) is 83.3 Å². The highest BCUT2D eigenvalue weighted by molar-refractivity contribution is 6.34. The van der Waals surface area contributed by atoms with Crippen LogP contribution in [0.5, 0.6) is 0 Å². The Morgan fingerprint density at radius 2 is 1.84 bits per heavy atom. The minimum Gasteiger partial charge on any atom is -0.378 e. The maximum Gasteiger partial charge on any atom is 0.276 e. The molecule has 0 bridgehead atoms. The van der Waals surface area contributed by atoms with E-state index in [0.29, 0.717) is 35.6 Å². The summed E-state index contributed by atoms with van der Waals surface area (Å²) in [7, 11) is 0. The van der Waals surface area contributed by atoms with Crippen LogP contribution < -0.4 is 5.32 Å². The van der Waals surface area contributed by atoms with Crippen molar-refractivity contribution in [2.75, 3.05) is 18.4 Å². The third kappa shape index (κ3) is 6.57. The van der Waals surface area contributed by atoms with Crippen molar-refractivity contribution >= 4 is 23.3 Å². The maximum absolute atomic E-state index is 15.7. The van der Waals surface area contributed by atoms with Gasteiger partial charge in [0.1, 0.15) is 29.2 Å². The third-order valence-electron chi connectivity index (χ3n) is 6.61. The Kier molecular flexibility index (Phi) is 8.46. The van der Waals surface area contributed by atoms with Crippen molar-refractivity contribution in [3.05, 3.63) is 75.9 Å². The van der Waals surface area contributed by atoms with Crippen LogP contribution in [-0.2, 0) is 6.54 Å². The number of aryl methyl sites for hydroxylation is 1. The number of aliphatic hydroxyl groups is 1. The summed E-state index contributed by atoms with van der Waals surface area (Å²) in [6, 6.07) is 7.63. The van der Waals surface area contributed by atoms with Crippen LogP contribution in [0.3, 0.4) is 0 Å². The number of anilines is 1. The number of aliphatic hydroxyl groups excluding tert-OH is 1. The number of aromatic nitrogens is 3. The molecule has 3 aromatic rings. The molecule has 0 radical (unpaired) electrons. The molecular formula is C28H30ClF2N5O2. The minimum absolute atomic E-state index is 0.0507. The number of halogens is 3. The van der Waals surface area contributed by atoms with Crippen molar-refractivity contribution in [2.45, 2.75) is 52.1 Å². The number of pyridine rings is 1. The third-order valence-corrected chi connectivity index (χ3v) is 6.89. The molecule has 1 aliphatic heterocycles. The van der Waals surface area contributed by atoms with E-state index in [1.165, 1.54) is 29.2 Å². The minimum atomic E-state index is -1.59. The predicted molar refractivity (Wildman–Crippen MR) is 142 cm³/mol. The van der Waals surface area contributed by atoms with Crippen molar-refractivity contribution < 1.29 is 18.7 Å². The number of likely N-dealkylation sites (tertiary alicyclic amines) is 1. The number of piperidine rings is 1. The molecule has 38 heavy (non-hydrogen) atoms. The van der Waals surface area contributed by atoms with Crippen molar-refractivity contribution in [1.82, 2.24) is 19.7 Å². The molecule has 7 nitrogen and oxygen atoms in total. The highest BCUT2D eigenvalue weighted by Crippen LogP contribution is 2.31. The number of hydrogen-bond acceptors (Lipinski definition) is 5. The number of benzene rings is 1. The summed E-state index contributed by atoms with van der Waals surface area (Å²) in [5.74, 6) is 5.40. The predicted octanol–water partition coefficient (Wildman–Crippen LogP) is 4.81. The summed E-state index contributed by atoms with van der Waals surface area (Å²) in [5, 5.41) is 17.3. The van der Waals surface area contributed by atoms with Gasteiger partial charge in [-0.25, -0.2) is 13.8 Å². The molecular weight excluding hydrogens is 512 g/mol. The molecule has 1 aromatic carbocycles. The Morgan fingerprint density at radius 3 is 2.47 bits per heavy atom. The molecule has 2 aromatic heterocycles. The highest BCUT2D eigenvalue weighted by Gasteiger charge is 2.38. The Hall–Kier alpha value is -3.32. The first kappa shape index (κ1) is 27.7. The summed E-state index contributed by atoms with van der Waals surface area (Å²) < 4.78 is 30.1. The maximum atomic E-state index is 15.7. The molecule has 200 valence electrons. The van der Waals surface area contributed by atoms with Crippen LogP contribution in [0.1, 0.15) is 53.9 Å². The Bertz CT molecular complexity index is 1360. The van der Waals surface area contributed by atoms with Gasteiger partial charge < -0.3 is 10.4 Å². The molecule has 1 amide bonds. The number of nitrogens with zero attached hydrogens (tertiary/aromatic N) is 4. The normalized spacial score (nSPS) is 16.1. The molecule has 1 atom stereocenters. The van der Waals surface area contributed by atoms with Crippen molar-refractivity contribution in [3.8, 4) is 11.8 Å². The Balaban J connectivity index is 1.44. The van der Waals surface area contributed by atoms with Crippen molar-refractivity contribution in [2.24, 2.45) is 5.92 Å². The average molecular weight is 542 g/mol. The van der Waals surface area contributed by atoms with Crippen LogP contribution in [0.2, 0.25) is 5.02 Å². The van der Waals surface area contributed by atoms with Crippen LogP contribution >= 0.6 is 11.6 Å². The standard InChI is InChI=1S/C28H30ClF2N5O2/c1-18(2)27(38)35-12-10-28(31,11-13-35)17-36-24(23(29)16-33-36)26(37)34-25-19(3)14-21(15-32-25)5-4-20-6-8-22(30)9-7-20/h6-9,14-16,18,27,38H,10-13,17H2,1-3H3,(H,32,34,37). The van der Waals surface area contributed by atoms with E-state index in [2.05, 4.69) is 27.2 Å². The fourth-order valence-corrected chi connectivity index (χ4v) is 4.59. The number of amides is 1. The Labute approximate surface area is 225 Å². The van der Waals surface area contributed by atoms with Gasteiger partial charge in [-0.1, -0.05) is 37.3 Å².